The lowest BCUT2D eigenvalue weighted by Crippen LogP contribution is -2.07. The maximum absolute atomic E-state index is 11.7. The smallest absolute Gasteiger partial charge is 0.248 e. The van der Waals surface area contributed by atoms with Crippen LogP contribution in [0.4, 0.5) is 5.69 Å². The van der Waals surface area contributed by atoms with Crippen LogP contribution in [-0.4, -0.2) is 5.91 Å². The maximum Gasteiger partial charge on any atom is 0.248 e. The minimum atomic E-state index is -0.168. The predicted octanol–water partition coefficient (Wildman–Crippen LogP) is 3.80. The third kappa shape index (κ3) is 3.85. The summed E-state index contributed by atoms with van der Waals surface area (Å²) >= 11 is 0. The van der Waals surface area contributed by atoms with Crippen LogP contribution in [0.15, 0.2) is 46.9 Å². The van der Waals surface area contributed by atoms with Crippen molar-refractivity contribution < 1.29 is 9.21 Å². The fourth-order valence-electron chi connectivity index (χ4n) is 1.71. The van der Waals surface area contributed by atoms with E-state index >= 15 is 0 Å². The summed E-state index contributed by atoms with van der Waals surface area (Å²) in [6, 6.07) is 11.5. The van der Waals surface area contributed by atoms with Crippen LogP contribution in [0.2, 0.25) is 0 Å². The van der Waals surface area contributed by atoms with E-state index in [0.717, 1.165) is 17.9 Å². The summed E-state index contributed by atoms with van der Waals surface area (Å²) in [5.74, 6) is 1.34. The third-order valence-electron chi connectivity index (χ3n) is 2.79. The van der Waals surface area contributed by atoms with E-state index in [4.69, 9.17) is 4.42 Å². The second-order valence-electron chi connectivity index (χ2n) is 4.32. The van der Waals surface area contributed by atoms with E-state index in [0.29, 0.717) is 5.76 Å². The fraction of sp³-hybridized carbons (Fsp3) is 0.188. The highest BCUT2D eigenvalue weighted by Gasteiger charge is 1.99. The Hall–Kier alpha value is -2.29. The zero-order valence-electron chi connectivity index (χ0n) is 11.1. The average Bonchev–Trinajstić information content (AvgIpc) is 2.83. The average molecular weight is 255 g/mol. The monoisotopic (exact) mass is 255 g/mol. The van der Waals surface area contributed by atoms with Gasteiger partial charge in [-0.15, -0.1) is 0 Å². The van der Waals surface area contributed by atoms with Crippen molar-refractivity contribution in [2.24, 2.45) is 0 Å². The number of hydrogen-bond acceptors (Lipinski definition) is 2. The van der Waals surface area contributed by atoms with E-state index in [1.54, 1.807) is 6.08 Å². The van der Waals surface area contributed by atoms with Gasteiger partial charge in [-0.2, -0.15) is 0 Å². The minimum absolute atomic E-state index is 0.168. The first-order valence-corrected chi connectivity index (χ1v) is 6.32. The van der Waals surface area contributed by atoms with Crippen LogP contribution < -0.4 is 5.32 Å². The Morgan fingerprint density at radius 1 is 1.21 bits per heavy atom. The van der Waals surface area contributed by atoms with Crippen molar-refractivity contribution >= 4 is 17.7 Å². The number of amides is 1. The van der Waals surface area contributed by atoms with E-state index in [-0.39, 0.29) is 5.91 Å². The van der Waals surface area contributed by atoms with Gasteiger partial charge < -0.3 is 9.73 Å². The number of nitrogens with one attached hydrogen (secondary N) is 1. The van der Waals surface area contributed by atoms with Gasteiger partial charge >= 0.3 is 0 Å². The lowest BCUT2D eigenvalue weighted by Gasteiger charge is -2.02. The number of anilines is 1. The van der Waals surface area contributed by atoms with Crippen LogP contribution in [0, 0.1) is 6.92 Å². The highest BCUT2D eigenvalue weighted by Crippen LogP contribution is 2.11. The molecule has 1 aromatic heterocycles. The molecule has 0 unspecified atom stereocenters. The third-order valence-corrected chi connectivity index (χ3v) is 2.79. The molecule has 2 rings (SSSR count). The summed E-state index contributed by atoms with van der Waals surface area (Å²) in [5, 5.41) is 2.80. The van der Waals surface area contributed by atoms with Crippen molar-refractivity contribution in [1.29, 1.82) is 0 Å². The standard InChI is InChI=1S/C16H17NO2/c1-3-13-5-7-14(8-6-13)17-16(18)11-10-15-9-4-12(2)19-15/h4-11H,3H2,1-2H3,(H,17,18)/b11-10+. The molecule has 0 radical (unpaired) electrons. The van der Waals surface area contributed by atoms with E-state index in [2.05, 4.69) is 12.2 Å². The molecule has 0 atom stereocenters. The van der Waals surface area contributed by atoms with Gasteiger partial charge in [-0.1, -0.05) is 19.1 Å². The van der Waals surface area contributed by atoms with E-state index in [1.165, 1.54) is 11.6 Å². The molecule has 0 saturated carbocycles. The van der Waals surface area contributed by atoms with Crippen LogP contribution >= 0.6 is 0 Å². The fourth-order valence-corrected chi connectivity index (χ4v) is 1.71. The molecule has 2 aromatic rings. The quantitative estimate of drug-likeness (QED) is 0.844. The van der Waals surface area contributed by atoms with Crippen LogP contribution in [0.25, 0.3) is 6.08 Å². The Morgan fingerprint density at radius 2 is 1.95 bits per heavy atom. The van der Waals surface area contributed by atoms with Crippen molar-refractivity contribution in [3.63, 3.8) is 0 Å². The first-order valence-electron chi connectivity index (χ1n) is 6.32. The molecule has 0 aliphatic carbocycles. The summed E-state index contributed by atoms with van der Waals surface area (Å²) in [4.78, 5) is 11.7. The van der Waals surface area contributed by atoms with Gasteiger partial charge in [-0.3, -0.25) is 4.79 Å². The molecule has 98 valence electrons. The predicted molar refractivity (Wildman–Crippen MR) is 76.9 cm³/mol. The van der Waals surface area contributed by atoms with Gasteiger partial charge in [-0.25, -0.2) is 0 Å². The Labute approximate surface area is 112 Å². The normalized spacial score (nSPS) is 10.8. The van der Waals surface area contributed by atoms with E-state index in [1.807, 2.05) is 43.3 Å². The first kappa shape index (κ1) is 13.1. The molecule has 0 saturated heterocycles. The van der Waals surface area contributed by atoms with Gasteiger partial charge in [0.2, 0.25) is 5.91 Å². The van der Waals surface area contributed by atoms with Crippen molar-refractivity contribution in [3.8, 4) is 0 Å². The van der Waals surface area contributed by atoms with Crippen LogP contribution in [-0.2, 0) is 11.2 Å². The van der Waals surface area contributed by atoms with Crippen LogP contribution in [0.3, 0.4) is 0 Å². The molecule has 0 aliphatic heterocycles. The number of carbonyl (C=O) groups is 1. The topological polar surface area (TPSA) is 42.2 Å². The lowest BCUT2D eigenvalue weighted by atomic mass is 10.1. The lowest BCUT2D eigenvalue weighted by molar-refractivity contribution is -0.111. The summed E-state index contributed by atoms with van der Waals surface area (Å²) in [7, 11) is 0. The molecule has 1 aromatic carbocycles. The molecule has 3 heteroatoms. The molecular weight excluding hydrogens is 238 g/mol. The van der Waals surface area contributed by atoms with Gasteiger partial charge in [-0.05, 0) is 49.2 Å². The van der Waals surface area contributed by atoms with Crippen molar-refractivity contribution in [2.45, 2.75) is 20.3 Å². The molecule has 1 N–H and O–H groups in total. The van der Waals surface area contributed by atoms with E-state index in [9.17, 15) is 4.79 Å². The zero-order valence-corrected chi connectivity index (χ0v) is 11.1. The summed E-state index contributed by atoms with van der Waals surface area (Å²) in [6.07, 6.45) is 4.11. The maximum atomic E-state index is 11.7. The molecule has 3 nitrogen and oxygen atoms in total. The Balaban J connectivity index is 1.95. The number of carbonyl (C=O) groups excluding carboxylic acids is 1. The second-order valence-corrected chi connectivity index (χ2v) is 4.32. The Morgan fingerprint density at radius 3 is 2.53 bits per heavy atom. The summed E-state index contributed by atoms with van der Waals surface area (Å²) in [6.45, 7) is 3.97. The van der Waals surface area contributed by atoms with E-state index < -0.39 is 0 Å². The Kier molecular flexibility index (Phi) is 4.18. The SMILES string of the molecule is CCc1ccc(NC(=O)/C=C/c2ccc(C)o2)cc1. The highest BCUT2D eigenvalue weighted by molar-refractivity contribution is 6.01. The number of furan rings is 1. The molecule has 19 heavy (non-hydrogen) atoms. The summed E-state index contributed by atoms with van der Waals surface area (Å²) < 4.78 is 5.35. The van der Waals surface area contributed by atoms with Crippen LogP contribution in [0.5, 0.6) is 0 Å². The van der Waals surface area contributed by atoms with Gasteiger partial charge in [0.15, 0.2) is 0 Å². The van der Waals surface area contributed by atoms with Gasteiger partial charge in [0, 0.05) is 11.8 Å². The molecule has 0 spiro atoms. The largest absolute Gasteiger partial charge is 0.462 e. The van der Waals surface area contributed by atoms with Crippen molar-refractivity contribution in [1.82, 2.24) is 0 Å². The molecule has 1 heterocycles. The summed E-state index contributed by atoms with van der Waals surface area (Å²) in [5.41, 5.74) is 2.04. The van der Waals surface area contributed by atoms with Gasteiger partial charge in [0.25, 0.3) is 0 Å². The first-order chi connectivity index (χ1) is 9.17. The number of benzene rings is 1. The second kappa shape index (κ2) is 6.05. The molecular formula is C16H17NO2. The van der Waals surface area contributed by atoms with Crippen molar-refractivity contribution in [3.05, 3.63) is 59.6 Å². The van der Waals surface area contributed by atoms with Crippen LogP contribution in [0.1, 0.15) is 24.0 Å². The number of rotatable bonds is 4. The highest BCUT2D eigenvalue weighted by atomic mass is 16.3. The van der Waals surface area contributed by atoms with Gasteiger partial charge in [0.05, 0.1) is 0 Å². The van der Waals surface area contributed by atoms with Gasteiger partial charge in [0.1, 0.15) is 11.5 Å². The molecule has 0 aliphatic rings. The zero-order chi connectivity index (χ0) is 13.7. The molecule has 1 amide bonds. The molecule has 0 fully saturated rings. The van der Waals surface area contributed by atoms with Crippen molar-refractivity contribution in [2.75, 3.05) is 5.32 Å². The molecule has 0 bridgehead atoms. The Bertz CT molecular complexity index is 579. The number of aryl methyl sites for hydroxylation is 2. The number of hydrogen-bond donors (Lipinski definition) is 1. The minimum Gasteiger partial charge on any atom is -0.462 e.